The molecule has 0 heterocycles. The zero-order chi connectivity index (χ0) is 23.3. The summed E-state index contributed by atoms with van der Waals surface area (Å²) in [5, 5.41) is 2.77. The molecular formula is C29H36SiZr. The minimum Gasteiger partial charge on any atom is -0.196 e. The van der Waals surface area contributed by atoms with Crippen molar-refractivity contribution in [2.75, 3.05) is 0 Å². The zero-order valence-corrected chi connectivity index (χ0v) is 24.2. The van der Waals surface area contributed by atoms with Gasteiger partial charge < -0.3 is 0 Å². The van der Waals surface area contributed by atoms with Crippen LogP contribution in [0.15, 0.2) is 54.6 Å². The van der Waals surface area contributed by atoms with Gasteiger partial charge in [-0.05, 0) is 13.8 Å². The van der Waals surface area contributed by atoms with E-state index in [0.29, 0.717) is 0 Å². The molecule has 4 rings (SSSR count). The Bertz CT molecular complexity index is 1150. The van der Waals surface area contributed by atoms with Gasteiger partial charge in [0.05, 0.1) is 0 Å². The van der Waals surface area contributed by atoms with E-state index in [4.69, 9.17) is 0 Å². The molecule has 160 valence electrons. The Hall–Kier alpha value is -1.50. The molecule has 0 aliphatic rings. The number of rotatable bonds is 1. The molecule has 4 aromatic rings. The third-order valence-electron chi connectivity index (χ3n) is 5.77. The Morgan fingerprint density at radius 3 is 1.68 bits per heavy atom. The first kappa shape index (κ1) is 25.8. The van der Waals surface area contributed by atoms with Gasteiger partial charge in [-0.1, -0.05) is 87.7 Å². The number of fused-ring (bicyclic) bond motifs is 1. The minimum absolute atomic E-state index is 0.210. The van der Waals surface area contributed by atoms with Crippen molar-refractivity contribution in [3.8, 4) is 11.1 Å². The minimum atomic E-state index is 0.210. The van der Waals surface area contributed by atoms with Gasteiger partial charge in [0.2, 0.25) is 0 Å². The summed E-state index contributed by atoms with van der Waals surface area (Å²) in [5.74, 6) is 0. The summed E-state index contributed by atoms with van der Waals surface area (Å²) < 4.78 is 0. The van der Waals surface area contributed by atoms with Crippen LogP contribution in [-0.2, 0) is 23.3 Å². The van der Waals surface area contributed by atoms with Crippen LogP contribution >= 0.6 is 0 Å². The van der Waals surface area contributed by atoms with E-state index in [2.05, 4.69) is 116 Å². The van der Waals surface area contributed by atoms with Crippen LogP contribution in [0.5, 0.6) is 0 Å². The maximum absolute atomic E-state index is 2.31. The van der Waals surface area contributed by atoms with E-state index in [9.17, 15) is 0 Å². The van der Waals surface area contributed by atoms with Crippen LogP contribution in [0.25, 0.3) is 21.9 Å². The SMILES string of the molecule is C[Si](C)=[Zr+2].Cc1[cH-]c(C)c(C)c1C.Cc1cc(C)c2c(-c3ccccc3)c(C)[cH-]c2c1. The van der Waals surface area contributed by atoms with Crippen molar-refractivity contribution >= 4 is 16.2 Å². The second-order valence-electron chi connectivity index (χ2n) is 8.87. The van der Waals surface area contributed by atoms with Crippen molar-refractivity contribution in [2.24, 2.45) is 0 Å². The van der Waals surface area contributed by atoms with Gasteiger partial charge in [-0.15, -0.1) is 34.0 Å². The summed E-state index contributed by atoms with van der Waals surface area (Å²) in [5.41, 5.74) is 12.7. The fraction of sp³-hybridized carbons (Fsp3) is 0.310. The predicted molar refractivity (Wildman–Crippen MR) is 138 cm³/mol. The second kappa shape index (κ2) is 11.4. The molecule has 4 aromatic carbocycles. The fourth-order valence-corrected chi connectivity index (χ4v) is 4.07. The van der Waals surface area contributed by atoms with Gasteiger partial charge in [0.15, 0.2) is 0 Å². The molecule has 0 N–H and O–H groups in total. The molecule has 0 unspecified atom stereocenters. The van der Waals surface area contributed by atoms with Gasteiger partial charge in [-0.2, -0.15) is 28.3 Å². The van der Waals surface area contributed by atoms with Gasteiger partial charge in [-0.3, -0.25) is 0 Å². The van der Waals surface area contributed by atoms with Crippen molar-refractivity contribution in [2.45, 2.75) is 61.6 Å². The normalized spacial score (nSPS) is 10.3. The molecule has 0 atom stereocenters. The van der Waals surface area contributed by atoms with Gasteiger partial charge in [0.1, 0.15) is 0 Å². The summed E-state index contributed by atoms with van der Waals surface area (Å²) in [6, 6.07) is 19.8. The molecule has 0 bridgehead atoms. The molecule has 0 aromatic heterocycles. The maximum atomic E-state index is 2.31. The molecule has 31 heavy (non-hydrogen) atoms. The van der Waals surface area contributed by atoms with Crippen molar-refractivity contribution in [1.82, 2.24) is 0 Å². The van der Waals surface area contributed by atoms with Crippen molar-refractivity contribution in [3.05, 3.63) is 93.5 Å². The monoisotopic (exact) mass is 502 g/mol. The molecule has 0 nitrogen and oxygen atoms in total. The molecular weight excluding hydrogens is 468 g/mol. The average Bonchev–Trinajstić information content (AvgIpc) is 3.13. The Kier molecular flexibility index (Phi) is 9.46. The number of hydrogen-bond acceptors (Lipinski definition) is 0. The first-order valence-corrected chi connectivity index (χ1v) is 17.2. The van der Waals surface area contributed by atoms with E-state index in [1.807, 2.05) is 0 Å². The third-order valence-corrected chi connectivity index (χ3v) is 5.77. The van der Waals surface area contributed by atoms with Gasteiger partial charge in [-0.25, -0.2) is 0 Å². The van der Waals surface area contributed by atoms with Crippen molar-refractivity contribution in [3.63, 3.8) is 0 Å². The average molecular weight is 504 g/mol. The Morgan fingerprint density at radius 2 is 1.23 bits per heavy atom. The largest absolute Gasteiger partial charge is 0.196 e. The van der Waals surface area contributed by atoms with Gasteiger partial charge in [0.25, 0.3) is 0 Å². The van der Waals surface area contributed by atoms with Gasteiger partial charge in [0, 0.05) is 0 Å². The standard InChI is InChI=1S/C18H17.C9H13.C2H6Si.Zr/c1-12-9-13(2)18-16(10-12)11-14(3)17(18)15-7-5-4-6-8-15;1-6-5-7(2)9(4)8(6)3;1-3-2;/h4-11H,1-3H3;5H,1-4H3;1-2H3;/q2*-1;;+2. The fourth-order valence-electron chi connectivity index (χ4n) is 4.07. The Balaban J connectivity index is 0.000000220. The smallest absolute Gasteiger partial charge is 0.0486 e. The van der Waals surface area contributed by atoms with Crippen LogP contribution in [0.2, 0.25) is 13.1 Å². The van der Waals surface area contributed by atoms with E-state index in [1.165, 1.54) is 60.8 Å². The second-order valence-corrected chi connectivity index (χ2v) is 18.2. The van der Waals surface area contributed by atoms with Crippen LogP contribution in [-0.4, -0.2) is 5.43 Å². The van der Waals surface area contributed by atoms with E-state index < -0.39 is 0 Å². The zero-order valence-electron chi connectivity index (χ0n) is 20.7. The predicted octanol–water partition coefficient (Wildman–Crippen LogP) is 8.57. The Labute approximate surface area is 204 Å². The summed E-state index contributed by atoms with van der Waals surface area (Å²) >= 11 is 1.74. The van der Waals surface area contributed by atoms with Crippen LogP contribution < -0.4 is 0 Å². The third kappa shape index (κ3) is 6.74. The molecule has 0 saturated carbocycles. The molecule has 0 spiro atoms. The first-order chi connectivity index (χ1) is 14.5. The Morgan fingerprint density at radius 1 is 0.710 bits per heavy atom. The summed E-state index contributed by atoms with van der Waals surface area (Å²) in [7, 11) is 0. The topological polar surface area (TPSA) is 0 Å². The quantitative estimate of drug-likeness (QED) is 0.180. The summed E-state index contributed by atoms with van der Waals surface area (Å²) in [6.07, 6.45) is 0. The molecule has 0 aliphatic heterocycles. The van der Waals surface area contributed by atoms with Crippen molar-refractivity contribution in [1.29, 1.82) is 0 Å². The maximum Gasteiger partial charge on any atom is -0.0486 e. The van der Waals surface area contributed by atoms with Crippen LogP contribution in [0.3, 0.4) is 0 Å². The number of hydrogen-bond donors (Lipinski definition) is 0. The van der Waals surface area contributed by atoms with E-state index in [-0.39, 0.29) is 5.43 Å². The first-order valence-electron chi connectivity index (χ1n) is 11.0. The molecule has 0 amide bonds. The number of benzene rings is 2. The summed E-state index contributed by atoms with van der Waals surface area (Å²) in [6.45, 7) is 19.9. The van der Waals surface area contributed by atoms with Crippen LogP contribution in [0.4, 0.5) is 0 Å². The van der Waals surface area contributed by atoms with Crippen LogP contribution in [0.1, 0.15) is 38.9 Å². The molecule has 2 heteroatoms. The van der Waals surface area contributed by atoms with E-state index in [0.717, 1.165) is 0 Å². The summed E-state index contributed by atoms with van der Waals surface area (Å²) in [4.78, 5) is 0. The van der Waals surface area contributed by atoms with Crippen LogP contribution in [0, 0.1) is 48.5 Å². The molecule has 0 fully saturated rings. The molecule has 0 aliphatic carbocycles. The number of aryl methyl sites for hydroxylation is 5. The van der Waals surface area contributed by atoms with Crippen molar-refractivity contribution < 1.29 is 23.3 Å². The van der Waals surface area contributed by atoms with Gasteiger partial charge >= 0.3 is 41.9 Å². The molecule has 0 saturated heterocycles. The van der Waals surface area contributed by atoms with E-state index >= 15 is 0 Å². The molecule has 0 radical (unpaired) electrons. The van der Waals surface area contributed by atoms with E-state index in [1.54, 1.807) is 23.3 Å².